The van der Waals surface area contributed by atoms with E-state index in [0.29, 0.717) is 28.4 Å². The van der Waals surface area contributed by atoms with Crippen LogP contribution in [0.15, 0.2) is 48.0 Å². The van der Waals surface area contributed by atoms with E-state index < -0.39 is 23.5 Å². The SMILES string of the molecule is CCCCCN1C(=O)C(=O)/C(=C(\O)c2ccc(Cl)c(OC)c2)C1c1ccc(F)cc1. The predicted molar refractivity (Wildman–Crippen MR) is 113 cm³/mol. The van der Waals surface area contributed by atoms with Gasteiger partial charge >= 0.3 is 0 Å². The van der Waals surface area contributed by atoms with Crippen LogP contribution in [0.1, 0.15) is 43.4 Å². The normalized spacial score (nSPS) is 18.1. The first-order valence-electron chi connectivity index (χ1n) is 9.76. The Balaban J connectivity index is 2.13. The molecular weight excluding hydrogens is 409 g/mol. The average molecular weight is 432 g/mol. The number of aliphatic hydroxyl groups excluding tert-OH is 1. The van der Waals surface area contributed by atoms with Crippen molar-refractivity contribution in [3.63, 3.8) is 0 Å². The Morgan fingerprint density at radius 1 is 1.17 bits per heavy atom. The molecule has 0 aliphatic carbocycles. The van der Waals surface area contributed by atoms with Gasteiger partial charge in [-0.05, 0) is 42.3 Å². The summed E-state index contributed by atoms with van der Waals surface area (Å²) in [6.07, 6.45) is 2.57. The van der Waals surface area contributed by atoms with Crippen LogP contribution in [-0.2, 0) is 9.59 Å². The van der Waals surface area contributed by atoms with E-state index in [1.54, 1.807) is 12.1 Å². The second kappa shape index (κ2) is 9.30. The Hall–Kier alpha value is -2.86. The standard InChI is InChI=1S/C23H23ClFNO4/c1-3-4-5-12-26-20(14-6-9-16(25)10-7-14)19(22(28)23(26)29)21(27)15-8-11-17(24)18(13-15)30-2/h6-11,13,20,27H,3-5,12H2,1-2H3/b21-19-. The van der Waals surface area contributed by atoms with Crippen molar-refractivity contribution in [1.82, 2.24) is 4.90 Å². The highest BCUT2D eigenvalue weighted by Crippen LogP contribution is 2.40. The van der Waals surface area contributed by atoms with E-state index in [1.165, 1.54) is 42.3 Å². The molecule has 1 N–H and O–H groups in total. The third-order valence-electron chi connectivity index (χ3n) is 5.15. The molecule has 1 aliphatic rings. The number of aliphatic hydroxyl groups is 1. The lowest BCUT2D eigenvalue weighted by atomic mass is 9.95. The van der Waals surface area contributed by atoms with Crippen molar-refractivity contribution in [1.29, 1.82) is 0 Å². The van der Waals surface area contributed by atoms with Crippen molar-refractivity contribution >= 4 is 29.1 Å². The lowest BCUT2D eigenvalue weighted by Gasteiger charge is -2.25. The number of Topliss-reactive ketones (excluding diaryl/α,β-unsaturated/α-hetero) is 1. The summed E-state index contributed by atoms with van der Waals surface area (Å²) in [5.74, 6) is -1.87. The van der Waals surface area contributed by atoms with Gasteiger partial charge in [-0.15, -0.1) is 0 Å². The first kappa shape index (κ1) is 21.8. The molecule has 2 aromatic carbocycles. The van der Waals surface area contributed by atoms with Crippen LogP contribution in [0.25, 0.3) is 5.76 Å². The lowest BCUT2D eigenvalue weighted by molar-refractivity contribution is -0.139. The number of nitrogens with zero attached hydrogens (tertiary/aromatic N) is 1. The van der Waals surface area contributed by atoms with Crippen molar-refractivity contribution in [3.8, 4) is 5.75 Å². The molecule has 1 amide bonds. The molecule has 2 aromatic rings. The molecule has 30 heavy (non-hydrogen) atoms. The molecule has 158 valence electrons. The summed E-state index contributed by atoms with van der Waals surface area (Å²) in [6.45, 7) is 2.40. The van der Waals surface area contributed by atoms with Crippen LogP contribution in [0.2, 0.25) is 5.02 Å². The van der Waals surface area contributed by atoms with E-state index in [9.17, 15) is 19.1 Å². The summed E-state index contributed by atoms with van der Waals surface area (Å²) in [5.41, 5.74) is 0.817. The topological polar surface area (TPSA) is 66.8 Å². The summed E-state index contributed by atoms with van der Waals surface area (Å²) in [7, 11) is 1.44. The van der Waals surface area contributed by atoms with E-state index >= 15 is 0 Å². The first-order valence-corrected chi connectivity index (χ1v) is 10.1. The van der Waals surface area contributed by atoms with E-state index in [2.05, 4.69) is 0 Å². The molecule has 1 heterocycles. The smallest absolute Gasteiger partial charge is 0.295 e. The quantitative estimate of drug-likeness (QED) is 0.286. The number of likely N-dealkylation sites (tertiary alicyclic amines) is 1. The molecule has 0 spiro atoms. The van der Waals surface area contributed by atoms with Crippen molar-refractivity contribution in [3.05, 3.63) is 70.0 Å². The van der Waals surface area contributed by atoms with Gasteiger partial charge in [-0.25, -0.2) is 4.39 Å². The number of amides is 1. The number of carbonyl (C=O) groups excluding carboxylic acids is 2. The van der Waals surface area contributed by atoms with Crippen molar-refractivity contribution in [2.75, 3.05) is 13.7 Å². The summed E-state index contributed by atoms with van der Waals surface area (Å²) >= 11 is 6.06. The van der Waals surface area contributed by atoms with Crippen LogP contribution >= 0.6 is 11.6 Å². The number of hydrogen-bond acceptors (Lipinski definition) is 4. The second-order valence-electron chi connectivity index (χ2n) is 7.10. The number of benzene rings is 2. The van der Waals surface area contributed by atoms with Crippen LogP contribution in [0.4, 0.5) is 4.39 Å². The van der Waals surface area contributed by atoms with Crippen molar-refractivity contribution < 1.29 is 23.8 Å². The van der Waals surface area contributed by atoms with Gasteiger partial charge in [0, 0.05) is 12.1 Å². The second-order valence-corrected chi connectivity index (χ2v) is 7.51. The van der Waals surface area contributed by atoms with Gasteiger partial charge in [0.1, 0.15) is 17.3 Å². The Labute approximate surface area is 179 Å². The Morgan fingerprint density at radius 2 is 1.87 bits per heavy atom. The molecule has 0 radical (unpaired) electrons. The molecule has 3 rings (SSSR count). The maximum atomic E-state index is 13.5. The van der Waals surface area contributed by atoms with Crippen LogP contribution < -0.4 is 4.74 Å². The molecule has 1 aliphatic heterocycles. The summed E-state index contributed by atoms with van der Waals surface area (Å²) in [5, 5.41) is 11.4. The maximum absolute atomic E-state index is 13.5. The molecule has 0 aromatic heterocycles. The van der Waals surface area contributed by atoms with Gasteiger partial charge in [-0.1, -0.05) is 43.5 Å². The third-order valence-corrected chi connectivity index (χ3v) is 5.47. The Morgan fingerprint density at radius 3 is 2.50 bits per heavy atom. The van der Waals surface area contributed by atoms with Gasteiger partial charge in [-0.2, -0.15) is 0 Å². The molecule has 1 atom stereocenters. The highest BCUT2D eigenvalue weighted by atomic mass is 35.5. The summed E-state index contributed by atoms with van der Waals surface area (Å²) in [4.78, 5) is 27.1. The zero-order valence-electron chi connectivity index (χ0n) is 16.8. The largest absolute Gasteiger partial charge is 0.507 e. The average Bonchev–Trinajstić information content (AvgIpc) is 2.99. The fraction of sp³-hybridized carbons (Fsp3) is 0.304. The van der Waals surface area contributed by atoms with Crippen LogP contribution in [-0.4, -0.2) is 35.4 Å². The highest BCUT2D eigenvalue weighted by Gasteiger charge is 2.45. The van der Waals surface area contributed by atoms with Crippen molar-refractivity contribution in [2.45, 2.75) is 32.2 Å². The number of ether oxygens (including phenoxy) is 1. The molecule has 1 unspecified atom stereocenters. The fourth-order valence-corrected chi connectivity index (χ4v) is 3.79. The third kappa shape index (κ3) is 4.19. The molecule has 5 nitrogen and oxygen atoms in total. The number of hydrogen-bond donors (Lipinski definition) is 1. The fourth-order valence-electron chi connectivity index (χ4n) is 3.60. The summed E-state index contributed by atoms with van der Waals surface area (Å²) in [6, 6.07) is 9.38. The monoisotopic (exact) mass is 431 g/mol. The zero-order valence-corrected chi connectivity index (χ0v) is 17.6. The van der Waals surface area contributed by atoms with Gasteiger partial charge in [-0.3, -0.25) is 9.59 Å². The number of unbranched alkanes of at least 4 members (excludes halogenated alkanes) is 2. The molecule has 0 bridgehead atoms. The minimum absolute atomic E-state index is 0.0347. The van der Waals surface area contributed by atoms with Crippen LogP contribution in [0, 0.1) is 5.82 Å². The van der Waals surface area contributed by atoms with Crippen LogP contribution in [0.3, 0.4) is 0 Å². The van der Waals surface area contributed by atoms with Gasteiger partial charge in [0.05, 0.1) is 23.7 Å². The van der Waals surface area contributed by atoms with Gasteiger partial charge < -0.3 is 14.7 Å². The number of methoxy groups -OCH3 is 1. The number of ketones is 1. The summed E-state index contributed by atoms with van der Waals surface area (Å²) < 4.78 is 18.7. The number of rotatable bonds is 7. The molecule has 1 fully saturated rings. The number of halogens is 2. The maximum Gasteiger partial charge on any atom is 0.295 e. The Kier molecular flexibility index (Phi) is 6.77. The van der Waals surface area contributed by atoms with Gasteiger partial charge in [0.2, 0.25) is 0 Å². The molecular formula is C23H23ClFNO4. The minimum atomic E-state index is -0.802. The van der Waals surface area contributed by atoms with E-state index in [1.807, 2.05) is 6.92 Å². The lowest BCUT2D eigenvalue weighted by Crippen LogP contribution is -2.30. The van der Waals surface area contributed by atoms with Crippen LogP contribution in [0.5, 0.6) is 5.75 Å². The Bertz CT molecular complexity index is 987. The van der Waals surface area contributed by atoms with E-state index in [0.717, 1.165) is 19.3 Å². The minimum Gasteiger partial charge on any atom is -0.507 e. The molecule has 0 saturated carbocycles. The predicted octanol–water partition coefficient (Wildman–Crippen LogP) is 5.10. The van der Waals surface area contributed by atoms with Gasteiger partial charge in [0.25, 0.3) is 11.7 Å². The highest BCUT2D eigenvalue weighted by molar-refractivity contribution is 6.46. The van der Waals surface area contributed by atoms with E-state index in [4.69, 9.17) is 16.3 Å². The zero-order chi connectivity index (χ0) is 21.8. The molecule has 7 heteroatoms. The van der Waals surface area contributed by atoms with Gasteiger partial charge in [0.15, 0.2) is 0 Å². The molecule has 1 saturated heterocycles. The first-order chi connectivity index (χ1) is 14.4. The van der Waals surface area contributed by atoms with Crippen molar-refractivity contribution in [2.24, 2.45) is 0 Å². The van der Waals surface area contributed by atoms with E-state index in [-0.39, 0.29) is 11.3 Å². The number of carbonyl (C=O) groups is 2.